The second-order valence-electron chi connectivity index (χ2n) is 12.4. The summed E-state index contributed by atoms with van der Waals surface area (Å²) in [4.78, 5) is 32.8. The molecule has 3 aliphatic heterocycles. The first kappa shape index (κ1) is 30.8. The van der Waals surface area contributed by atoms with Crippen molar-refractivity contribution < 1.29 is 23.1 Å². The normalized spacial score (nSPS) is 21.3. The van der Waals surface area contributed by atoms with Crippen molar-refractivity contribution in [2.75, 3.05) is 55.4 Å². The number of nitrogens with zero attached hydrogens (tertiary/aromatic N) is 4. The van der Waals surface area contributed by atoms with Crippen LogP contribution in [0.2, 0.25) is 0 Å². The lowest BCUT2D eigenvalue weighted by Gasteiger charge is -2.46. The fourth-order valence-corrected chi connectivity index (χ4v) is 7.03. The smallest absolute Gasteiger partial charge is 0.331 e. The van der Waals surface area contributed by atoms with Crippen molar-refractivity contribution in [1.29, 1.82) is 0 Å². The molecule has 3 amide bonds. The van der Waals surface area contributed by atoms with Crippen molar-refractivity contribution >= 4 is 29.0 Å². The highest BCUT2D eigenvalue weighted by Crippen LogP contribution is 2.38. The third-order valence-corrected chi connectivity index (χ3v) is 9.59. The van der Waals surface area contributed by atoms with Gasteiger partial charge in [0.05, 0.1) is 26.2 Å². The van der Waals surface area contributed by atoms with E-state index in [2.05, 4.69) is 12.1 Å². The Balaban J connectivity index is 1.09. The van der Waals surface area contributed by atoms with Gasteiger partial charge in [0.15, 0.2) is 0 Å². The molecule has 0 bridgehead atoms. The number of imide groups is 1. The number of hydrogen-bond acceptors (Lipinski definition) is 6. The van der Waals surface area contributed by atoms with E-state index in [9.17, 15) is 9.59 Å². The zero-order chi connectivity index (χ0) is 31.7. The van der Waals surface area contributed by atoms with Gasteiger partial charge in [-0.15, -0.1) is 0 Å². The predicted molar refractivity (Wildman–Crippen MR) is 172 cm³/mol. The Kier molecular flexibility index (Phi) is 8.68. The molecule has 2 N–H and O–H groups in total. The molecule has 0 aliphatic carbocycles. The minimum Gasteiger partial charge on any atom is -0.497 e. The lowest BCUT2D eigenvalue weighted by molar-refractivity contribution is -0.129. The van der Waals surface area contributed by atoms with Crippen LogP contribution in [0.5, 0.6) is 5.75 Å². The van der Waals surface area contributed by atoms with Crippen LogP contribution in [0.15, 0.2) is 66.7 Å². The number of hydrogen-bond donors (Lipinski definition) is 1. The van der Waals surface area contributed by atoms with Crippen molar-refractivity contribution in [3.63, 3.8) is 0 Å². The third kappa shape index (κ3) is 6.47. The number of likely N-dealkylation sites (tertiary alicyclic amines) is 1. The Bertz CT molecular complexity index is 1520. The number of carbonyl (C=O) groups is 2. The third-order valence-electron chi connectivity index (χ3n) is 9.59. The summed E-state index contributed by atoms with van der Waals surface area (Å²) in [5, 5.41) is 0. The summed E-state index contributed by atoms with van der Waals surface area (Å²) >= 11 is 0. The van der Waals surface area contributed by atoms with E-state index in [-0.39, 0.29) is 38.0 Å². The first-order chi connectivity index (χ1) is 21.6. The number of nitrogen functional groups attached to an aromatic ring is 1. The maximum atomic E-state index is 15.7. The molecule has 238 valence electrons. The Morgan fingerprint density at radius 2 is 1.62 bits per heavy atom. The van der Waals surface area contributed by atoms with Crippen LogP contribution in [-0.2, 0) is 11.3 Å². The van der Waals surface area contributed by atoms with Gasteiger partial charge in [0, 0.05) is 36.6 Å². The minimum atomic E-state index is -2.86. The number of aryl methyl sites for hydroxylation is 1. The van der Waals surface area contributed by atoms with Gasteiger partial charge in [0.2, 0.25) is 5.91 Å². The van der Waals surface area contributed by atoms with Gasteiger partial charge in [0.25, 0.3) is 5.92 Å². The molecule has 1 atom stereocenters. The van der Waals surface area contributed by atoms with Crippen LogP contribution in [0, 0.1) is 6.92 Å². The van der Waals surface area contributed by atoms with Crippen molar-refractivity contribution in [2.45, 2.75) is 57.0 Å². The summed E-state index contributed by atoms with van der Waals surface area (Å²) in [5.74, 6) is -2.01. The first-order valence-electron chi connectivity index (χ1n) is 15.7. The number of methoxy groups -OCH3 is 1. The van der Waals surface area contributed by atoms with E-state index >= 15 is 8.78 Å². The fourth-order valence-electron chi connectivity index (χ4n) is 7.03. The van der Waals surface area contributed by atoms with Gasteiger partial charge in [-0.25, -0.2) is 13.6 Å². The molecule has 3 saturated heterocycles. The standard InChI is InChI=1S/C35H41F2N5O3/c1-24-21-29(9-12-31(24)41-20-16-33(43)42(34(41)44)22-25-3-10-30(45-2)11-4-25)40-19-15-32(35(36,37)23-40)39-17-13-27(14-18-39)26-5-7-28(38)8-6-26/h3-12,21,27,32H,13-20,22-23,38H2,1-2H3. The van der Waals surface area contributed by atoms with E-state index in [1.165, 1.54) is 10.5 Å². The van der Waals surface area contributed by atoms with Crippen LogP contribution in [0.25, 0.3) is 0 Å². The molecule has 1 unspecified atom stereocenters. The van der Waals surface area contributed by atoms with Crippen molar-refractivity contribution in [3.05, 3.63) is 83.4 Å². The van der Waals surface area contributed by atoms with Gasteiger partial charge in [-0.1, -0.05) is 24.3 Å². The lowest BCUT2D eigenvalue weighted by Crippen LogP contribution is -2.59. The second-order valence-corrected chi connectivity index (χ2v) is 12.4. The SMILES string of the molecule is COc1ccc(CN2C(=O)CCN(c3ccc(N4CCC(N5CCC(c6ccc(N)cc6)CC5)C(F)(F)C4)cc3C)C2=O)cc1. The number of amides is 3. The maximum Gasteiger partial charge on any atom is 0.331 e. The highest BCUT2D eigenvalue weighted by molar-refractivity contribution is 6.06. The number of urea groups is 1. The minimum absolute atomic E-state index is 0.165. The largest absolute Gasteiger partial charge is 0.497 e. The predicted octanol–water partition coefficient (Wildman–Crippen LogP) is 6.04. The van der Waals surface area contributed by atoms with Gasteiger partial charge >= 0.3 is 6.03 Å². The molecule has 0 saturated carbocycles. The molecule has 3 aliphatic rings. The van der Waals surface area contributed by atoms with E-state index in [4.69, 9.17) is 10.5 Å². The fraction of sp³-hybridized carbons (Fsp3) is 0.429. The quantitative estimate of drug-likeness (QED) is 0.326. The Hall–Kier alpha value is -4.18. The van der Waals surface area contributed by atoms with E-state index in [0.717, 1.165) is 29.7 Å². The highest BCUT2D eigenvalue weighted by atomic mass is 19.3. The number of ether oxygens (including phenoxy) is 1. The number of alkyl halides is 2. The average Bonchev–Trinajstić information content (AvgIpc) is 3.04. The zero-order valence-electron chi connectivity index (χ0n) is 25.9. The van der Waals surface area contributed by atoms with E-state index < -0.39 is 12.0 Å². The number of benzene rings is 3. The number of rotatable bonds is 7. The summed E-state index contributed by atoms with van der Waals surface area (Å²) in [7, 11) is 1.58. The molecule has 3 aromatic rings. The van der Waals surface area contributed by atoms with Crippen LogP contribution < -0.4 is 20.3 Å². The molecule has 6 rings (SSSR count). The molecule has 0 aromatic heterocycles. The van der Waals surface area contributed by atoms with Gasteiger partial charge in [-0.2, -0.15) is 0 Å². The molecular formula is C35H41F2N5O3. The van der Waals surface area contributed by atoms with Gasteiger partial charge < -0.3 is 15.4 Å². The maximum absolute atomic E-state index is 15.7. The Morgan fingerprint density at radius 1 is 0.911 bits per heavy atom. The van der Waals surface area contributed by atoms with Crippen molar-refractivity contribution in [1.82, 2.24) is 9.80 Å². The van der Waals surface area contributed by atoms with Crippen molar-refractivity contribution in [2.24, 2.45) is 0 Å². The summed E-state index contributed by atoms with van der Waals surface area (Å²) in [5.41, 5.74) is 10.8. The molecule has 3 heterocycles. The first-order valence-corrected chi connectivity index (χ1v) is 15.7. The topological polar surface area (TPSA) is 82.3 Å². The van der Waals surface area contributed by atoms with Gasteiger partial charge in [-0.3, -0.25) is 19.5 Å². The number of halogens is 2. The molecule has 0 spiro atoms. The second kappa shape index (κ2) is 12.7. The van der Waals surface area contributed by atoms with Crippen molar-refractivity contribution in [3.8, 4) is 5.75 Å². The van der Waals surface area contributed by atoms with E-state index in [1.807, 2.05) is 54.3 Å². The molecule has 3 fully saturated rings. The Morgan fingerprint density at radius 3 is 2.27 bits per heavy atom. The number of nitrogens with two attached hydrogens (primary N) is 1. The molecule has 3 aromatic carbocycles. The summed E-state index contributed by atoms with van der Waals surface area (Å²) in [6.45, 7) is 3.82. The monoisotopic (exact) mass is 617 g/mol. The molecule has 10 heteroatoms. The zero-order valence-corrected chi connectivity index (χ0v) is 25.9. The Labute approximate surface area is 263 Å². The average molecular weight is 618 g/mol. The van der Waals surface area contributed by atoms with Crippen LogP contribution in [0.4, 0.5) is 30.6 Å². The van der Waals surface area contributed by atoms with Crippen LogP contribution in [0.3, 0.4) is 0 Å². The van der Waals surface area contributed by atoms with Gasteiger partial charge in [-0.05, 0) is 104 Å². The molecule has 0 radical (unpaired) electrons. The van der Waals surface area contributed by atoms with Crippen LogP contribution in [0.1, 0.15) is 48.3 Å². The number of carbonyl (C=O) groups excluding carboxylic acids is 2. The summed E-state index contributed by atoms with van der Waals surface area (Å²) in [6, 6.07) is 19.5. The van der Waals surface area contributed by atoms with Crippen LogP contribution >= 0.6 is 0 Å². The molecule has 45 heavy (non-hydrogen) atoms. The lowest BCUT2D eigenvalue weighted by atomic mass is 9.87. The van der Waals surface area contributed by atoms with Gasteiger partial charge in [0.1, 0.15) is 5.75 Å². The number of piperidine rings is 2. The highest BCUT2D eigenvalue weighted by Gasteiger charge is 2.48. The van der Waals surface area contributed by atoms with Crippen LogP contribution in [-0.4, -0.2) is 73.5 Å². The molecular weight excluding hydrogens is 576 g/mol. The van der Waals surface area contributed by atoms with E-state index in [1.54, 1.807) is 29.0 Å². The summed E-state index contributed by atoms with van der Waals surface area (Å²) in [6.07, 6.45) is 2.31. The summed E-state index contributed by atoms with van der Waals surface area (Å²) < 4.78 is 36.6. The molecule has 8 nitrogen and oxygen atoms in total. The van der Waals surface area contributed by atoms with E-state index in [0.29, 0.717) is 49.1 Å². The number of anilines is 3.